The average Bonchev–Trinajstić information content (AvgIpc) is 3.96. The predicted molar refractivity (Wildman–Crippen MR) is 249 cm³/mol. The van der Waals surface area contributed by atoms with Gasteiger partial charge in [-0.15, -0.1) is 0 Å². The summed E-state index contributed by atoms with van der Waals surface area (Å²) < 4.78 is 150. The van der Waals surface area contributed by atoms with Crippen molar-refractivity contribution in [2.45, 2.75) is 38.3 Å². The normalized spacial score (nSPS) is 15.2. The van der Waals surface area contributed by atoms with Gasteiger partial charge in [0.25, 0.3) is 0 Å². The van der Waals surface area contributed by atoms with Crippen molar-refractivity contribution in [1.82, 2.24) is 39.0 Å². The first-order valence-electron chi connectivity index (χ1n) is 21.5. The van der Waals surface area contributed by atoms with Crippen LogP contribution in [-0.2, 0) is 12.4 Å². The predicted octanol–water partition coefficient (Wildman–Crippen LogP) is 11.3. The molecular weight excluding hydrogens is 1000 g/mol. The second-order valence-corrected chi connectivity index (χ2v) is 16.7. The maximum Gasteiger partial charge on any atom is 0.416 e. The summed E-state index contributed by atoms with van der Waals surface area (Å²) in [6.07, 6.45) is -0.0455. The Morgan fingerprint density at radius 1 is 0.616 bits per heavy atom. The van der Waals surface area contributed by atoms with Gasteiger partial charge in [0.1, 0.15) is 36.5 Å². The largest absolute Gasteiger partial charge is 0.486 e. The SMILES string of the molecule is CN1c2nc(Cl)ncc2OCC1c1cc(F)ccc1C(F)(F)F.Cc1cn(-c2ccc(N)cc2F)cn1.Cc1cn(-c2ccc(Nc3ncc4c(n3)N(C)C(c3cc(F)ccc3C(F)(F)F)CO4)cc2F)cn1. The summed E-state index contributed by atoms with van der Waals surface area (Å²) in [4.78, 5) is 27.3. The molecule has 0 fully saturated rings. The smallest absolute Gasteiger partial charge is 0.416 e. The van der Waals surface area contributed by atoms with E-state index >= 15 is 0 Å². The highest BCUT2D eigenvalue weighted by Crippen LogP contribution is 2.44. The number of aryl methyl sites for hydroxylation is 2. The molecule has 73 heavy (non-hydrogen) atoms. The summed E-state index contributed by atoms with van der Waals surface area (Å²) in [5.41, 5.74) is 6.21. The van der Waals surface area contributed by atoms with E-state index in [1.165, 1.54) is 47.7 Å². The Kier molecular flexibility index (Phi) is 14.4. The molecule has 4 aromatic heterocycles. The minimum atomic E-state index is -4.67. The molecule has 8 aromatic rings. The quantitative estimate of drug-likeness (QED) is 0.0927. The molecule has 380 valence electrons. The molecule has 0 saturated heterocycles. The van der Waals surface area contributed by atoms with Gasteiger partial charge in [0, 0.05) is 37.9 Å². The minimum Gasteiger partial charge on any atom is -0.486 e. The first-order chi connectivity index (χ1) is 34.5. The van der Waals surface area contributed by atoms with E-state index in [9.17, 15) is 43.9 Å². The van der Waals surface area contributed by atoms with Crippen molar-refractivity contribution in [2.24, 2.45) is 0 Å². The Labute approximate surface area is 413 Å². The fourth-order valence-electron chi connectivity index (χ4n) is 7.82. The lowest BCUT2D eigenvalue weighted by atomic mass is 9.98. The Hall–Kier alpha value is -8.15. The summed E-state index contributed by atoms with van der Waals surface area (Å²) in [6.45, 7) is 3.39. The highest BCUT2D eigenvalue weighted by molar-refractivity contribution is 6.28. The standard InChI is InChI=1S/C24H19F5N6O.C14H10ClF4N3O.C10H10FN3/c1-13-10-35(12-31-13)19-6-4-15(8-18(19)26)32-23-30-9-21-22(33-23)34(2)20(11-36-21)16-7-14(25)3-5-17(16)24(27,28)29;1-22-10(6-23-11-5-20-13(15)21-12(11)22)8-4-7(16)2-3-9(8)14(17,18)19;1-7-5-14(6-13-7)10-3-2-8(12)4-9(10)11/h3-10,12,20H,11H2,1-2H3,(H,30,32,33);2-5,10H,6H2,1H3;2-6H,12H2,1H3. The summed E-state index contributed by atoms with van der Waals surface area (Å²) in [7, 11) is 3.08. The fourth-order valence-corrected chi connectivity index (χ4v) is 7.95. The lowest BCUT2D eigenvalue weighted by molar-refractivity contribution is -0.139. The van der Waals surface area contributed by atoms with E-state index in [1.54, 1.807) is 66.1 Å². The van der Waals surface area contributed by atoms with Gasteiger partial charge in [-0.1, -0.05) is 0 Å². The molecule has 3 N–H and O–H groups in total. The van der Waals surface area contributed by atoms with Gasteiger partial charge in [-0.3, -0.25) is 0 Å². The van der Waals surface area contributed by atoms with Crippen LogP contribution in [0.25, 0.3) is 11.4 Å². The van der Waals surface area contributed by atoms with E-state index < -0.39 is 53.0 Å². The number of hydrogen-bond acceptors (Lipinski definition) is 12. The monoisotopic (exact) mass is 1040 g/mol. The van der Waals surface area contributed by atoms with Crippen molar-refractivity contribution in [3.05, 3.63) is 172 Å². The van der Waals surface area contributed by atoms with Gasteiger partial charge in [-0.2, -0.15) is 36.3 Å². The number of nitrogens with two attached hydrogens (primary N) is 1. The van der Waals surface area contributed by atoms with Crippen LogP contribution >= 0.6 is 11.6 Å². The number of nitrogens with one attached hydrogen (secondary N) is 1. The first kappa shape index (κ1) is 51.2. The highest BCUT2D eigenvalue weighted by Gasteiger charge is 2.40. The number of benzene rings is 4. The third-order valence-corrected chi connectivity index (χ3v) is 11.5. The van der Waals surface area contributed by atoms with Crippen molar-refractivity contribution in [3.8, 4) is 22.9 Å². The second kappa shape index (κ2) is 20.5. The lowest BCUT2D eigenvalue weighted by Crippen LogP contribution is -2.35. The van der Waals surface area contributed by atoms with Crippen LogP contribution in [0.1, 0.15) is 45.7 Å². The number of hydrogen-bond donors (Lipinski definition) is 2. The first-order valence-corrected chi connectivity index (χ1v) is 21.9. The zero-order valence-corrected chi connectivity index (χ0v) is 39.2. The number of ether oxygens (including phenoxy) is 2. The van der Waals surface area contributed by atoms with Crippen LogP contribution in [0.5, 0.6) is 11.5 Å². The van der Waals surface area contributed by atoms with E-state index in [1.807, 2.05) is 6.92 Å². The highest BCUT2D eigenvalue weighted by atomic mass is 35.5. The van der Waals surface area contributed by atoms with Gasteiger partial charge < -0.3 is 39.5 Å². The Balaban J connectivity index is 0.000000163. The van der Waals surface area contributed by atoms with Crippen LogP contribution in [0.4, 0.5) is 72.9 Å². The fraction of sp³-hybridized carbons (Fsp3) is 0.208. The number of imidazole rings is 2. The molecule has 0 amide bonds. The van der Waals surface area contributed by atoms with Gasteiger partial charge >= 0.3 is 12.4 Å². The van der Waals surface area contributed by atoms with Crippen LogP contribution in [0, 0.1) is 37.1 Å². The topological polar surface area (TPSA) is 150 Å². The van der Waals surface area contributed by atoms with Crippen LogP contribution in [-0.4, -0.2) is 66.3 Å². The average molecular weight is 1040 g/mol. The number of rotatable bonds is 6. The molecule has 0 saturated carbocycles. The molecule has 14 nitrogen and oxygen atoms in total. The number of nitrogen functional groups attached to an aromatic ring is 1. The molecule has 2 unspecified atom stereocenters. The molecule has 6 heterocycles. The zero-order valence-electron chi connectivity index (χ0n) is 38.5. The number of aromatic nitrogens is 8. The van der Waals surface area contributed by atoms with Gasteiger partial charge in [0.05, 0.1) is 71.0 Å². The number of alkyl halides is 6. The number of fused-ring (bicyclic) bond motifs is 2. The molecule has 0 bridgehead atoms. The molecule has 2 aliphatic heterocycles. The molecule has 0 spiro atoms. The van der Waals surface area contributed by atoms with Crippen molar-refractivity contribution >= 4 is 40.6 Å². The summed E-state index contributed by atoms with van der Waals surface area (Å²) in [5.74, 6) is -1.33. The van der Waals surface area contributed by atoms with Crippen LogP contribution < -0.4 is 30.3 Å². The molecule has 2 atom stereocenters. The summed E-state index contributed by atoms with van der Waals surface area (Å²) in [5, 5.41) is 2.83. The Morgan fingerprint density at radius 3 is 1.56 bits per heavy atom. The zero-order chi connectivity index (χ0) is 52.5. The molecule has 2 aliphatic rings. The minimum absolute atomic E-state index is 0.0601. The molecular formula is C48H39ClF10N12O2. The van der Waals surface area contributed by atoms with Crippen molar-refractivity contribution < 1.29 is 53.4 Å². The second-order valence-electron chi connectivity index (χ2n) is 16.4. The third-order valence-electron chi connectivity index (χ3n) is 11.4. The van der Waals surface area contributed by atoms with Crippen LogP contribution in [0.2, 0.25) is 5.28 Å². The van der Waals surface area contributed by atoms with Crippen molar-refractivity contribution in [1.29, 1.82) is 0 Å². The molecule has 4 aromatic carbocycles. The van der Waals surface area contributed by atoms with Crippen LogP contribution in [0.15, 0.2) is 110 Å². The molecule has 25 heteroatoms. The van der Waals surface area contributed by atoms with Crippen molar-refractivity contribution in [3.63, 3.8) is 0 Å². The van der Waals surface area contributed by atoms with E-state index in [4.69, 9.17) is 26.8 Å². The Bertz CT molecular complexity index is 3300. The number of halogens is 11. The Morgan fingerprint density at radius 2 is 1.10 bits per heavy atom. The molecule has 0 aliphatic carbocycles. The third kappa shape index (κ3) is 11.5. The maximum atomic E-state index is 14.7. The van der Waals surface area contributed by atoms with E-state index in [0.29, 0.717) is 34.6 Å². The lowest BCUT2D eigenvalue weighted by Gasteiger charge is -2.36. The van der Waals surface area contributed by atoms with E-state index in [2.05, 4.69) is 35.2 Å². The number of nitrogens with zero attached hydrogens (tertiary/aromatic N) is 10. The summed E-state index contributed by atoms with van der Waals surface area (Å²) in [6, 6.07) is 11.9. The van der Waals surface area contributed by atoms with E-state index in [-0.39, 0.29) is 58.8 Å². The summed E-state index contributed by atoms with van der Waals surface area (Å²) >= 11 is 5.72. The van der Waals surface area contributed by atoms with Gasteiger partial charge in [-0.05, 0) is 109 Å². The van der Waals surface area contributed by atoms with E-state index in [0.717, 1.165) is 41.7 Å². The molecule has 10 rings (SSSR count). The van der Waals surface area contributed by atoms with Crippen molar-refractivity contribution in [2.75, 3.05) is 48.2 Å². The number of likely N-dealkylation sites (N-methyl/N-ethyl adjacent to an activating group) is 2. The van der Waals surface area contributed by atoms with Gasteiger partial charge in [0.2, 0.25) is 11.2 Å². The molecule has 0 radical (unpaired) electrons. The van der Waals surface area contributed by atoms with Gasteiger partial charge in [0.15, 0.2) is 23.1 Å². The van der Waals surface area contributed by atoms with Crippen LogP contribution in [0.3, 0.4) is 0 Å². The maximum absolute atomic E-state index is 14.7. The van der Waals surface area contributed by atoms with Gasteiger partial charge in [-0.25, -0.2) is 37.5 Å². The number of anilines is 5.